The molecule has 170 valence electrons. The number of benzene rings is 1. The van der Waals surface area contributed by atoms with Gasteiger partial charge in [0, 0.05) is 36.1 Å². The van der Waals surface area contributed by atoms with Gasteiger partial charge in [-0.1, -0.05) is 48.6 Å². The van der Waals surface area contributed by atoms with E-state index in [1.54, 1.807) is 6.20 Å². The zero-order valence-corrected chi connectivity index (χ0v) is 17.3. The molecule has 0 bridgehead atoms. The van der Waals surface area contributed by atoms with E-state index in [4.69, 9.17) is 9.90 Å². The van der Waals surface area contributed by atoms with Crippen molar-refractivity contribution in [2.75, 3.05) is 6.54 Å². The second kappa shape index (κ2) is 10.4. The van der Waals surface area contributed by atoms with Gasteiger partial charge in [-0.15, -0.1) is 0 Å². The number of rotatable bonds is 4. The second-order valence-corrected chi connectivity index (χ2v) is 6.98. The lowest BCUT2D eigenvalue weighted by Crippen LogP contribution is -2.31. The van der Waals surface area contributed by atoms with E-state index in [0.29, 0.717) is 6.54 Å². The van der Waals surface area contributed by atoms with Crippen molar-refractivity contribution in [3.63, 3.8) is 0 Å². The molecule has 0 unspecified atom stereocenters. The number of aromatic nitrogens is 2. The fourth-order valence-electron chi connectivity index (χ4n) is 3.04. The Morgan fingerprint density at radius 3 is 2.42 bits per heavy atom. The Balaban J connectivity index is 0.000000383. The van der Waals surface area contributed by atoms with E-state index in [2.05, 4.69) is 33.5 Å². The number of allylic oxidation sites excluding steroid dienone is 2. The standard InChI is InChI=1S/C22H19N3O.C2HF3O2/c26-22-19-15-21(25-20(19)11-13-24-22)17-10-12-23-18(14-17)9-5-4-8-16-6-2-1-3-7-16;3-2(4,5)1(6)7/h1-10,12,14-15,25H,11,13H2,(H,24,26);(H,6,7)/b8-4+,9-5+;. The highest BCUT2D eigenvalue weighted by Gasteiger charge is 2.38. The average molecular weight is 455 g/mol. The molecule has 33 heavy (non-hydrogen) atoms. The summed E-state index contributed by atoms with van der Waals surface area (Å²) < 4.78 is 31.7. The van der Waals surface area contributed by atoms with E-state index in [9.17, 15) is 18.0 Å². The molecular formula is C24H20F3N3O3. The molecule has 4 rings (SSSR count). The lowest BCUT2D eigenvalue weighted by atomic mass is 10.1. The molecule has 0 radical (unpaired) electrons. The van der Waals surface area contributed by atoms with Crippen LogP contribution >= 0.6 is 0 Å². The van der Waals surface area contributed by atoms with E-state index in [1.807, 2.05) is 54.6 Å². The number of aromatic amines is 1. The first-order valence-electron chi connectivity index (χ1n) is 9.90. The Hall–Kier alpha value is -4.14. The Morgan fingerprint density at radius 1 is 1.06 bits per heavy atom. The number of fused-ring (bicyclic) bond motifs is 1. The first-order valence-corrected chi connectivity index (χ1v) is 9.90. The average Bonchev–Trinajstić information content (AvgIpc) is 3.23. The summed E-state index contributed by atoms with van der Waals surface area (Å²) in [4.78, 5) is 28.6. The molecule has 0 spiro atoms. The highest BCUT2D eigenvalue weighted by atomic mass is 19.4. The van der Waals surface area contributed by atoms with Crippen molar-refractivity contribution in [2.24, 2.45) is 0 Å². The number of amides is 1. The number of carbonyl (C=O) groups is 2. The predicted octanol–water partition coefficient (Wildman–Crippen LogP) is 4.72. The summed E-state index contributed by atoms with van der Waals surface area (Å²) in [7, 11) is 0. The van der Waals surface area contributed by atoms with Gasteiger partial charge in [-0.3, -0.25) is 9.78 Å². The molecule has 9 heteroatoms. The minimum absolute atomic E-state index is 0.00558. The predicted molar refractivity (Wildman–Crippen MR) is 118 cm³/mol. The van der Waals surface area contributed by atoms with Crippen LogP contribution < -0.4 is 5.32 Å². The van der Waals surface area contributed by atoms with Gasteiger partial charge >= 0.3 is 12.1 Å². The van der Waals surface area contributed by atoms with Crippen molar-refractivity contribution in [2.45, 2.75) is 12.6 Å². The molecule has 0 atom stereocenters. The molecule has 0 saturated heterocycles. The highest BCUT2D eigenvalue weighted by molar-refractivity contribution is 5.97. The van der Waals surface area contributed by atoms with Crippen LogP contribution in [0.25, 0.3) is 23.4 Å². The van der Waals surface area contributed by atoms with Crippen LogP contribution in [0, 0.1) is 0 Å². The van der Waals surface area contributed by atoms with Crippen LogP contribution in [-0.2, 0) is 11.2 Å². The van der Waals surface area contributed by atoms with Crippen LogP contribution in [0.3, 0.4) is 0 Å². The number of alkyl halides is 3. The minimum Gasteiger partial charge on any atom is -0.475 e. The number of carboxylic acid groups (broad SMARTS) is 1. The molecule has 1 amide bonds. The van der Waals surface area contributed by atoms with Crippen LogP contribution in [0.4, 0.5) is 13.2 Å². The number of nitrogens with zero attached hydrogens (tertiary/aromatic N) is 1. The van der Waals surface area contributed by atoms with E-state index in [1.165, 1.54) is 0 Å². The van der Waals surface area contributed by atoms with Crippen LogP contribution in [-0.4, -0.2) is 39.7 Å². The zero-order valence-electron chi connectivity index (χ0n) is 17.3. The number of H-pyrrole nitrogens is 1. The second-order valence-electron chi connectivity index (χ2n) is 6.98. The molecule has 0 saturated carbocycles. The molecule has 0 aliphatic carbocycles. The molecule has 3 aromatic rings. The van der Waals surface area contributed by atoms with Gasteiger partial charge in [-0.25, -0.2) is 4.79 Å². The quantitative estimate of drug-likeness (QED) is 0.496. The summed E-state index contributed by atoms with van der Waals surface area (Å²) in [6.45, 7) is 0.684. The molecule has 6 nitrogen and oxygen atoms in total. The molecule has 1 aliphatic heterocycles. The van der Waals surface area contributed by atoms with Gasteiger partial charge in [0.05, 0.1) is 11.3 Å². The largest absolute Gasteiger partial charge is 0.490 e. The molecule has 3 heterocycles. The monoisotopic (exact) mass is 455 g/mol. The fourth-order valence-corrected chi connectivity index (χ4v) is 3.04. The molecule has 0 fully saturated rings. The van der Waals surface area contributed by atoms with Crippen molar-refractivity contribution in [3.8, 4) is 11.3 Å². The van der Waals surface area contributed by atoms with E-state index in [-0.39, 0.29) is 5.91 Å². The number of hydrogen-bond acceptors (Lipinski definition) is 3. The van der Waals surface area contributed by atoms with Gasteiger partial charge in [-0.05, 0) is 29.8 Å². The van der Waals surface area contributed by atoms with Crippen molar-refractivity contribution in [1.82, 2.24) is 15.3 Å². The third kappa shape index (κ3) is 6.67. The number of carboxylic acids is 1. The zero-order chi connectivity index (χ0) is 23.8. The maximum atomic E-state index is 11.9. The van der Waals surface area contributed by atoms with Crippen molar-refractivity contribution < 1.29 is 27.9 Å². The van der Waals surface area contributed by atoms with Gasteiger partial charge in [-0.2, -0.15) is 13.2 Å². The van der Waals surface area contributed by atoms with Gasteiger partial charge in [0.25, 0.3) is 5.91 Å². The Bertz CT molecular complexity index is 1180. The lowest BCUT2D eigenvalue weighted by Gasteiger charge is -2.10. The normalized spacial score (nSPS) is 13.4. The number of carbonyl (C=O) groups excluding carboxylic acids is 1. The topological polar surface area (TPSA) is 95.1 Å². The summed E-state index contributed by atoms with van der Waals surface area (Å²) in [5.41, 5.74) is 5.75. The van der Waals surface area contributed by atoms with Gasteiger partial charge in [0.1, 0.15) is 0 Å². The smallest absolute Gasteiger partial charge is 0.475 e. The SMILES string of the molecule is O=C(O)C(F)(F)F.O=C1NCCc2[nH]c(-c3ccnc(/C=C/C=C/c4ccccc4)c3)cc21. The number of pyridine rings is 1. The Labute approximate surface area is 187 Å². The number of halogens is 3. The van der Waals surface area contributed by atoms with Gasteiger partial charge < -0.3 is 15.4 Å². The first-order chi connectivity index (χ1) is 15.7. The molecule has 3 N–H and O–H groups in total. The molecular weight excluding hydrogens is 435 g/mol. The summed E-state index contributed by atoms with van der Waals surface area (Å²) in [6, 6.07) is 16.1. The lowest BCUT2D eigenvalue weighted by molar-refractivity contribution is -0.192. The maximum absolute atomic E-state index is 11.9. The van der Waals surface area contributed by atoms with Crippen molar-refractivity contribution in [3.05, 3.63) is 89.4 Å². The minimum atomic E-state index is -5.08. The maximum Gasteiger partial charge on any atom is 0.490 e. The number of hydrogen-bond donors (Lipinski definition) is 3. The van der Waals surface area contributed by atoms with Crippen LogP contribution in [0.5, 0.6) is 0 Å². The summed E-state index contributed by atoms with van der Waals surface area (Å²) in [5.74, 6) is -2.76. The Morgan fingerprint density at radius 2 is 1.76 bits per heavy atom. The molecule has 1 aliphatic rings. The molecule has 2 aromatic heterocycles. The number of aliphatic carboxylic acids is 1. The van der Waals surface area contributed by atoms with E-state index >= 15 is 0 Å². The van der Waals surface area contributed by atoms with E-state index < -0.39 is 12.1 Å². The van der Waals surface area contributed by atoms with E-state index in [0.717, 1.165) is 40.2 Å². The number of nitrogens with one attached hydrogen (secondary N) is 2. The third-order valence-corrected chi connectivity index (χ3v) is 4.61. The van der Waals surface area contributed by atoms with Gasteiger partial charge in [0.2, 0.25) is 0 Å². The summed E-state index contributed by atoms with van der Waals surface area (Å²) >= 11 is 0. The van der Waals surface area contributed by atoms with Crippen LogP contribution in [0.2, 0.25) is 0 Å². The highest BCUT2D eigenvalue weighted by Crippen LogP contribution is 2.24. The fraction of sp³-hybridized carbons (Fsp3) is 0.125. The Kier molecular flexibility index (Phi) is 7.45. The van der Waals surface area contributed by atoms with Crippen molar-refractivity contribution >= 4 is 24.0 Å². The summed E-state index contributed by atoms with van der Waals surface area (Å²) in [6.07, 6.45) is 5.54. The molecule has 1 aromatic carbocycles. The third-order valence-electron chi connectivity index (χ3n) is 4.61. The van der Waals surface area contributed by atoms with Crippen molar-refractivity contribution in [1.29, 1.82) is 0 Å². The first kappa shape index (κ1) is 23.5. The van der Waals surface area contributed by atoms with Gasteiger partial charge in [0.15, 0.2) is 0 Å². The summed E-state index contributed by atoms with van der Waals surface area (Å²) in [5, 5.41) is 10.00. The van der Waals surface area contributed by atoms with Crippen LogP contribution in [0.1, 0.15) is 27.3 Å². The van der Waals surface area contributed by atoms with Crippen LogP contribution in [0.15, 0.2) is 66.9 Å².